The summed E-state index contributed by atoms with van der Waals surface area (Å²) in [7, 11) is 0. The molecule has 0 aliphatic carbocycles. The van der Waals surface area contributed by atoms with Crippen LogP contribution in [0.1, 0.15) is 77.1 Å². The Morgan fingerprint density at radius 2 is 1.32 bits per heavy atom. The number of phenols is 1. The number of nitro groups is 1. The molecule has 0 amide bonds. The molecule has 3 rings (SSSR count). The van der Waals surface area contributed by atoms with E-state index in [9.17, 15) is 32.8 Å². The van der Waals surface area contributed by atoms with E-state index < -0.39 is 44.7 Å². The van der Waals surface area contributed by atoms with E-state index in [0.29, 0.717) is 23.3 Å². The Bertz CT molecular complexity index is 1440. The van der Waals surface area contributed by atoms with E-state index in [2.05, 4.69) is 31.0 Å². The summed E-state index contributed by atoms with van der Waals surface area (Å²) in [6, 6.07) is 11.2. The van der Waals surface area contributed by atoms with Crippen LogP contribution >= 0.6 is 0 Å². The van der Waals surface area contributed by atoms with Gasteiger partial charge in [-0.15, -0.1) is 10.2 Å². The summed E-state index contributed by atoms with van der Waals surface area (Å²) in [6.07, 6.45) is -4.01. The lowest BCUT2D eigenvalue weighted by Gasteiger charge is -2.35. The number of hydrogen-bond donors (Lipinski definition) is 1. The lowest BCUT2D eigenvalue weighted by molar-refractivity contribution is -0.384. The molecule has 10 heteroatoms. The first-order valence-electron chi connectivity index (χ1n) is 12.6. The lowest BCUT2D eigenvalue weighted by Crippen LogP contribution is -2.26. The zero-order chi connectivity index (χ0) is 30.3. The number of hydrogen-bond acceptors (Lipinski definition) is 5. The predicted octanol–water partition coefficient (Wildman–Crippen LogP) is 9.91. The summed E-state index contributed by atoms with van der Waals surface area (Å²) < 4.78 is 53.6. The largest absolute Gasteiger partial charge is 0.505 e. The van der Waals surface area contributed by atoms with Crippen LogP contribution in [0.15, 0.2) is 64.8 Å². The molecule has 40 heavy (non-hydrogen) atoms. The Morgan fingerprint density at radius 1 is 0.800 bits per heavy atom. The van der Waals surface area contributed by atoms with Crippen LogP contribution in [0.4, 0.5) is 34.6 Å². The SMILES string of the molecule is CC(C)(C)CC(C)(C)c1cc(N=Nc2cc(C(F)(F)F)ccc2[N+](=O)[O-])c(O)c(C(C)(C)c2ccc(F)cc2)c1. The molecule has 1 N–H and O–H groups in total. The van der Waals surface area contributed by atoms with Gasteiger partial charge >= 0.3 is 6.18 Å². The molecule has 0 radical (unpaired) electrons. The van der Waals surface area contributed by atoms with E-state index in [1.807, 2.05) is 33.8 Å². The molecule has 0 saturated heterocycles. The predicted molar refractivity (Wildman–Crippen MR) is 146 cm³/mol. The average molecular weight is 560 g/mol. The van der Waals surface area contributed by atoms with Crippen molar-refractivity contribution in [1.82, 2.24) is 0 Å². The fourth-order valence-electron chi connectivity index (χ4n) is 5.05. The molecule has 0 aromatic heterocycles. The summed E-state index contributed by atoms with van der Waals surface area (Å²) in [6.45, 7) is 14.0. The molecule has 0 fully saturated rings. The van der Waals surface area contributed by atoms with Crippen molar-refractivity contribution in [1.29, 1.82) is 0 Å². The number of halogens is 4. The first-order chi connectivity index (χ1) is 18.2. The molecule has 0 bridgehead atoms. The third kappa shape index (κ3) is 6.84. The van der Waals surface area contributed by atoms with Crippen molar-refractivity contribution in [2.75, 3.05) is 0 Å². The molecule has 0 saturated carbocycles. The molecule has 0 aliphatic heterocycles. The molecule has 0 aliphatic rings. The Hall–Kier alpha value is -3.82. The number of nitrogens with zero attached hydrogens (tertiary/aromatic N) is 3. The second-order valence-electron chi connectivity index (χ2n) is 12.3. The van der Waals surface area contributed by atoms with E-state index in [-0.39, 0.29) is 16.9 Å². The molecule has 3 aromatic rings. The second kappa shape index (κ2) is 10.6. The maximum absolute atomic E-state index is 13.7. The lowest BCUT2D eigenvalue weighted by atomic mass is 9.70. The first kappa shape index (κ1) is 30.7. The number of azo groups is 1. The van der Waals surface area contributed by atoms with Gasteiger partial charge < -0.3 is 5.11 Å². The monoisotopic (exact) mass is 559 g/mol. The molecule has 0 atom stereocenters. The molecule has 214 valence electrons. The average Bonchev–Trinajstić information content (AvgIpc) is 2.81. The van der Waals surface area contributed by atoms with Crippen LogP contribution in [0.5, 0.6) is 5.75 Å². The highest BCUT2D eigenvalue weighted by atomic mass is 19.4. The summed E-state index contributed by atoms with van der Waals surface area (Å²) in [5.41, 5.74) is -1.88. The standard InChI is InChI=1S/C30H33F4N3O3/c1-27(2,3)17-28(4,5)20-14-22(29(6,7)18-8-11-21(31)12-9-18)26(38)24(16-20)36-35-23-15-19(30(32,33)34)10-13-25(23)37(39)40/h8-16,38H,17H2,1-7H3. The van der Waals surface area contributed by atoms with Crippen molar-refractivity contribution in [3.63, 3.8) is 0 Å². The Labute approximate surface area is 230 Å². The van der Waals surface area contributed by atoms with Gasteiger partial charge in [-0.2, -0.15) is 13.2 Å². The molecule has 0 unspecified atom stereocenters. The van der Waals surface area contributed by atoms with Gasteiger partial charge in [-0.3, -0.25) is 10.1 Å². The number of benzene rings is 3. The van der Waals surface area contributed by atoms with Crippen LogP contribution in [0, 0.1) is 21.3 Å². The highest BCUT2D eigenvalue weighted by molar-refractivity contribution is 5.64. The van der Waals surface area contributed by atoms with Gasteiger partial charge in [0.25, 0.3) is 5.69 Å². The normalized spacial score (nSPS) is 13.2. The van der Waals surface area contributed by atoms with Gasteiger partial charge in [0.05, 0.1) is 10.5 Å². The summed E-state index contributed by atoms with van der Waals surface area (Å²) in [5, 5.41) is 30.7. The summed E-state index contributed by atoms with van der Waals surface area (Å²) >= 11 is 0. The smallest absolute Gasteiger partial charge is 0.416 e. The van der Waals surface area contributed by atoms with E-state index >= 15 is 0 Å². The van der Waals surface area contributed by atoms with Gasteiger partial charge in [-0.05, 0) is 58.7 Å². The number of alkyl halides is 3. The Balaban J connectivity index is 2.27. The van der Waals surface area contributed by atoms with Crippen LogP contribution in [-0.2, 0) is 17.0 Å². The molecule has 6 nitrogen and oxygen atoms in total. The van der Waals surface area contributed by atoms with Crippen LogP contribution in [0.2, 0.25) is 0 Å². The number of nitro benzene ring substituents is 1. The fourth-order valence-corrected chi connectivity index (χ4v) is 5.05. The minimum atomic E-state index is -4.75. The van der Waals surface area contributed by atoms with Crippen molar-refractivity contribution in [3.05, 3.63) is 92.8 Å². The molecular weight excluding hydrogens is 526 g/mol. The van der Waals surface area contributed by atoms with Gasteiger partial charge in [0.1, 0.15) is 17.3 Å². The number of aromatic hydroxyl groups is 1. The Kier molecular flexibility index (Phi) is 8.16. The molecule has 0 heterocycles. The molecule has 0 spiro atoms. The van der Waals surface area contributed by atoms with Crippen molar-refractivity contribution in [2.45, 2.75) is 71.9 Å². The van der Waals surface area contributed by atoms with Crippen LogP contribution in [0.25, 0.3) is 0 Å². The van der Waals surface area contributed by atoms with Crippen LogP contribution in [0.3, 0.4) is 0 Å². The van der Waals surface area contributed by atoms with Crippen molar-refractivity contribution < 1.29 is 27.6 Å². The highest BCUT2D eigenvalue weighted by Gasteiger charge is 2.34. The van der Waals surface area contributed by atoms with Gasteiger partial charge in [-0.1, -0.05) is 66.7 Å². The third-order valence-corrected chi connectivity index (χ3v) is 6.85. The fraction of sp³-hybridized carbons (Fsp3) is 0.400. The first-order valence-corrected chi connectivity index (χ1v) is 12.6. The minimum absolute atomic E-state index is 0.0589. The number of phenolic OH excluding ortho intramolecular Hbond substituents is 1. The topological polar surface area (TPSA) is 88.1 Å². The van der Waals surface area contributed by atoms with Crippen molar-refractivity contribution >= 4 is 17.1 Å². The maximum atomic E-state index is 13.7. The van der Waals surface area contributed by atoms with Gasteiger partial charge in [0.2, 0.25) is 0 Å². The van der Waals surface area contributed by atoms with Crippen LogP contribution in [-0.4, -0.2) is 10.0 Å². The van der Waals surface area contributed by atoms with E-state index in [1.165, 1.54) is 12.1 Å². The van der Waals surface area contributed by atoms with Gasteiger partial charge in [-0.25, -0.2) is 4.39 Å². The summed E-state index contributed by atoms with van der Waals surface area (Å²) in [5.74, 6) is -0.705. The third-order valence-electron chi connectivity index (χ3n) is 6.85. The molecular formula is C30H33F4N3O3. The molecule has 3 aromatic carbocycles. The summed E-state index contributed by atoms with van der Waals surface area (Å²) in [4.78, 5) is 10.6. The van der Waals surface area contributed by atoms with Crippen molar-refractivity contribution in [3.8, 4) is 5.75 Å². The van der Waals surface area contributed by atoms with Crippen molar-refractivity contribution in [2.24, 2.45) is 15.6 Å². The second-order valence-corrected chi connectivity index (χ2v) is 12.3. The maximum Gasteiger partial charge on any atom is 0.416 e. The van der Waals surface area contributed by atoms with Crippen LogP contribution < -0.4 is 0 Å². The van der Waals surface area contributed by atoms with Gasteiger partial charge in [0, 0.05) is 17.0 Å². The van der Waals surface area contributed by atoms with E-state index in [0.717, 1.165) is 18.1 Å². The zero-order valence-corrected chi connectivity index (χ0v) is 23.5. The Morgan fingerprint density at radius 3 is 1.85 bits per heavy atom. The minimum Gasteiger partial charge on any atom is -0.505 e. The zero-order valence-electron chi connectivity index (χ0n) is 23.5. The number of rotatable bonds is 7. The quantitative estimate of drug-likeness (QED) is 0.135. The highest BCUT2D eigenvalue weighted by Crippen LogP contribution is 2.47. The van der Waals surface area contributed by atoms with Gasteiger partial charge in [0.15, 0.2) is 5.69 Å². The van der Waals surface area contributed by atoms with E-state index in [4.69, 9.17) is 0 Å². The van der Waals surface area contributed by atoms with E-state index in [1.54, 1.807) is 18.2 Å².